The molecular weight excluding hydrogens is 180 g/mol. The molecule has 1 fully saturated rings. The molecule has 0 aromatic carbocycles. The molecule has 4 nitrogen and oxygen atoms in total. The lowest BCUT2D eigenvalue weighted by Gasteiger charge is -2.25. The minimum Gasteiger partial charge on any atom is -0.376 e. The Bertz CT molecular complexity index is 147. The second kappa shape index (κ2) is 6.35. The smallest absolute Gasteiger partial charge is 0.0933 e. The molecule has 0 bridgehead atoms. The lowest BCUT2D eigenvalue weighted by atomic mass is 10.3. The van der Waals surface area contributed by atoms with Gasteiger partial charge in [0.2, 0.25) is 0 Å². The molecule has 1 rings (SSSR count). The first-order valence-electron chi connectivity index (χ1n) is 5.26. The Morgan fingerprint density at radius 3 is 2.79 bits per heavy atom. The first kappa shape index (κ1) is 11.9. The van der Waals surface area contributed by atoms with Crippen LogP contribution in [-0.4, -0.2) is 64.1 Å². The normalized spacial score (nSPS) is 25.3. The largest absolute Gasteiger partial charge is 0.376 e. The number of ether oxygens (including phenoxy) is 2. The Balaban J connectivity index is 2.06. The lowest BCUT2D eigenvalue weighted by Crippen LogP contribution is -2.43. The van der Waals surface area contributed by atoms with Gasteiger partial charge in [-0.05, 0) is 21.0 Å². The highest BCUT2D eigenvalue weighted by Crippen LogP contribution is 1.99. The first-order chi connectivity index (χ1) is 6.68. The third kappa shape index (κ3) is 4.91. The van der Waals surface area contributed by atoms with Gasteiger partial charge >= 0.3 is 0 Å². The van der Waals surface area contributed by atoms with Gasteiger partial charge in [-0.3, -0.25) is 0 Å². The van der Waals surface area contributed by atoms with Crippen molar-refractivity contribution in [3.8, 4) is 0 Å². The summed E-state index contributed by atoms with van der Waals surface area (Å²) in [4.78, 5) is 2.18. The molecule has 1 saturated heterocycles. The van der Waals surface area contributed by atoms with Crippen molar-refractivity contribution < 1.29 is 9.47 Å². The summed E-state index contributed by atoms with van der Waals surface area (Å²) in [6, 6.07) is 0.496. The molecule has 4 heteroatoms. The molecule has 0 radical (unpaired) electrons. The van der Waals surface area contributed by atoms with Crippen LogP contribution in [0.5, 0.6) is 0 Å². The van der Waals surface area contributed by atoms with E-state index in [-0.39, 0.29) is 6.10 Å². The standard InChI is InChI=1S/C10H22N2O2/c1-9(7-12(2)3)11-6-10-8-13-4-5-14-10/h9-11H,4-8H2,1-3H3. The van der Waals surface area contributed by atoms with Crippen LogP contribution in [0.4, 0.5) is 0 Å². The van der Waals surface area contributed by atoms with Crippen LogP contribution in [0.15, 0.2) is 0 Å². The monoisotopic (exact) mass is 202 g/mol. The van der Waals surface area contributed by atoms with Crippen molar-refractivity contribution in [2.24, 2.45) is 0 Å². The molecule has 0 spiro atoms. The molecule has 2 unspecified atom stereocenters. The molecular formula is C10H22N2O2. The van der Waals surface area contributed by atoms with E-state index in [1.165, 1.54) is 0 Å². The Kier molecular flexibility index (Phi) is 5.40. The minimum absolute atomic E-state index is 0.230. The molecule has 0 aromatic rings. The fourth-order valence-electron chi connectivity index (χ4n) is 1.60. The molecule has 0 saturated carbocycles. The van der Waals surface area contributed by atoms with Gasteiger partial charge in [0, 0.05) is 19.1 Å². The van der Waals surface area contributed by atoms with Crippen LogP contribution in [0.3, 0.4) is 0 Å². The van der Waals surface area contributed by atoms with Crippen molar-refractivity contribution in [1.29, 1.82) is 0 Å². The van der Waals surface area contributed by atoms with E-state index in [2.05, 4.69) is 31.2 Å². The molecule has 0 aliphatic carbocycles. The summed E-state index contributed by atoms with van der Waals surface area (Å²) in [6.45, 7) is 6.31. The maximum absolute atomic E-state index is 5.53. The summed E-state index contributed by atoms with van der Waals surface area (Å²) in [6.07, 6.45) is 0.230. The Morgan fingerprint density at radius 2 is 2.21 bits per heavy atom. The first-order valence-corrected chi connectivity index (χ1v) is 5.26. The van der Waals surface area contributed by atoms with E-state index in [1.54, 1.807) is 0 Å². The summed E-state index contributed by atoms with van der Waals surface area (Å²) in [5.74, 6) is 0. The third-order valence-corrected chi connectivity index (χ3v) is 2.22. The summed E-state index contributed by atoms with van der Waals surface area (Å²) in [5.41, 5.74) is 0. The number of hydrogen-bond donors (Lipinski definition) is 1. The van der Waals surface area contributed by atoms with E-state index in [0.717, 1.165) is 32.9 Å². The van der Waals surface area contributed by atoms with Crippen LogP contribution in [0.1, 0.15) is 6.92 Å². The van der Waals surface area contributed by atoms with E-state index in [9.17, 15) is 0 Å². The zero-order valence-corrected chi connectivity index (χ0v) is 9.45. The van der Waals surface area contributed by atoms with Gasteiger partial charge in [-0.25, -0.2) is 0 Å². The van der Waals surface area contributed by atoms with Gasteiger partial charge in [-0.1, -0.05) is 0 Å². The van der Waals surface area contributed by atoms with Gasteiger partial charge in [0.15, 0.2) is 0 Å². The summed E-state index contributed by atoms with van der Waals surface area (Å²) in [7, 11) is 4.16. The van der Waals surface area contributed by atoms with Gasteiger partial charge < -0.3 is 19.7 Å². The van der Waals surface area contributed by atoms with Crippen LogP contribution < -0.4 is 5.32 Å². The fraction of sp³-hybridized carbons (Fsp3) is 1.00. The molecule has 0 amide bonds. The molecule has 1 N–H and O–H groups in total. The van der Waals surface area contributed by atoms with Gasteiger partial charge in [0.05, 0.1) is 25.9 Å². The predicted octanol–water partition coefficient (Wildman–Crippen LogP) is -0.0585. The maximum Gasteiger partial charge on any atom is 0.0933 e. The molecule has 1 aliphatic rings. The predicted molar refractivity (Wildman–Crippen MR) is 56.6 cm³/mol. The SMILES string of the molecule is CC(CN(C)C)NCC1COCCO1. The average molecular weight is 202 g/mol. The maximum atomic E-state index is 5.53. The zero-order valence-electron chi connectivity index (χ0n) is 9.45. The Morgan fingerprint density at radius 1 is 1.43 bits per heavy atom. The zero-order chi connectivity index (χ0) is 10.4. The van der Waals surface area contributed by atoms with Crippen molar-refractivity contribution in [1.82, 2.24) is 10.2 Å². The molecule has 1 heterocycles. The summed E-state index contributed by atoms with van der Waals surface area (Å²) >= 11 is 0. The van der Waals surface area contributed by atoms with Crippen LogP contribution in [0.25, 0.3) is 0 Å². The molecule has 0 aromatic heterocycles. The molecule has 14 heavy (non-hydrogen) atoms. The number of likely N-dealkylation sites (N-methyl/N-ethyl adjacent to an activating group) is 1. The average Bonchev–Trinajstić information content (AvgIpc) is 2.15. The third-order valence-electron chi connectivity index (χ3n) is 2.22. The van der Waals surface area contributed by atoms with Crippen LogP contribution in [0.2, 0.25) is 0 Å². The van der Waals surface area contributed by atoms with Crippen molar-refractivity contribution >= 4 is 0 Å². The van der Waals surface area contributed by atoms with Crippen molar-refractivity contribution in [2.45, 2.75) is 19.1 Å². The van der Waals surface area contributed by atoms with Crippen molar-refractivity contribution in [2.75, 3.05) is 47.0 Å². The Labute approximate surface area is 86.6 Å². The second-order valence-corrected chi connectivity index (χ2v) is 4.14. The minimum atomic E-state index is 0.230. The highest BCUT2D eigenvalue weighted by atomic mass is 16.6. The Hall–Kier alpha value is -0.160. The van der Waals surface area contributed by atoms with E-state index in [4.69, 9.17) is 9.47 Å². The topological polar surface area (TPSA) is 33.7 Å². The number of hydrogen-bond acceptors (Lipinski definition) is 4. The summed E-state index contributed by atoms with van der Waals surface area (Å²) < 4.78 is 10.9. The van der Waals surface area contributed by atoms with Crippen molar-refractivity contribution in [3.05, 3.63) is 0 Å². The van der Waals surface area contributed by atoms with E-state index in [1.807, 2.05) is 0 Å². The molecule has 2 atom stereocenters. The number of nitrogens with one attached hydrogen (secondary N) is 1. The lowest BCUT2D eigenvalue weighted by molar-refractivity contribution is -0.0870. The summed E-state index contributed by atoms with van der Waals surface area (Å²) in [5, 5.41) is 3.44. The van der Waals surface area contributed by atoms with Gasteiger partial charge in [-0.15, -0.1) is 0 Å². The van der Waals surface area contributed by atoms with Gasteiger partial charge in [0.1, 0.15) is 0 Å². The number of nitrogens with zero attached hydrogens (tertiary/aromatic N) is 1. The molecule has 1 aliphatic heterocycles. The molecule has 84 valence electrons. The van der Waals surface area contributed by atoms with E-state index >= 15 is 0 Å². The highest BCUT2D eigenvalue weighted by molar-refractivity contribution is 4.69. The van der Waals surface area contributed by atoms with Crippen LogP contribution >= 0.6 is 0 Å². The van der Waals surface area contributed by atoms with E-state index in [0.29, 0.717) is 6.04 Å². The van der Waals surface area contributed by atoms with Crippen molar-refractivity contribution in [3.63, 3.8) is 0 Å². The fourth-order valence-corrected chi connectivity index (χ4v) is 1.60. The van der Waals surface area contributed by atoms with Crippen LogP contribution in [-0.2, 0) is 9.47 Å². The van der Waals surface area contributed by atoms with Gasteiger partial charge in [-0.2, -0.15) is 0 Å². The second-order valence-electron chi connectivity index (χ2n) is 4.14. The van der Waals surface area contributed by atoms with Crippen LogP contribution in [0, 0.1) is 0 Å². The highest BCUT2D eigenvalue weighted by Gasteiger charge is 2.14. The number of rotatable bonds is 5. The quantitative estimate of drug-likeness (QED) is 0.677. The van der Waals surface area contributed by atoms with E-state index < -0.39 is 0 Å². The van der Waals surface area contributed by atoms with Gasteiger partial charge in [0.25, 0.3) is 0 Å².